The van der Waals surface area contributed by atoms with Crippen molar-refractivity contribution in [3.63, 3.8) is 0 Å². The van der Waals surface area contributed by atoms with Gasteiger partial charge in [0, 0.05) is 5.39 Å². The van der Waals surface area contributed by atoms with Crippen molar-refractivity contribution in [1.82, 2.24) is 15.4 Å². The average molecular weight is 374 g/mol. The third-order valence-electron chi connectivity index (χ3n) is 3.26. The Morgan fingerprint density at radius 1 is 0.846 bits per heavy atom. The molecule has 12 nitrogen and oxygen atoms in total. The smallest absolute Gasteiger partial charge is 0.258 e. The van der Waals surface area contributed by atoms with Crippen molar-refractivity contribution < 1.29 is 14.8 Å². The highest BCUT2D eigenvalue weighted by molar-refractivity contribution is 7.99. The van der Waals surface area contributed by atoms with E-state index in [9.17, 15) is 30.3 Å². The van der Waals surface area contributed by atoms with Crippen LogP contribution in [0.4, 0.5) is 17.1 Å². The van der Waals surface area contributed by atoms with E-state index in [0.29, 0.717) is 34.8 Å². The van der Waals surface area contributed by atoms with Crippen molar-refractivity contribution >= 4 is 39.7 Å². The number of hydrogen-bond donors (Lipinski definition) is 0. The van der Waals surface area contributed by atoms with E-state index in [0.717, 1.165) is 0 Å². The molecule has 26 heavy (non-hydrogen) atoms. The summed E-state index contributed by atoms with van der Waals surface area (Å²) in [7, 11) is 0. The Morgan fingerprint density at radius 2 is 1.46 bits per heavy atom. The van der Waals surface area contributed by atoms with E-state index >= 15 is 0 Å². The second-order valence-corrected chi connectivity index (χ2v) is 5.80. The number of rotatable bonds is 5. The van der Waals surface area contributed by atoms with Crippen molar-refractivity contribution in [3.8, 4) is 0 Å². The van der Waals surface area contributed by atoms with Gasteiger partial charge in [0.1, 0.15) is 5.03 Å². The highest BCUT2D eigenvalue weighted by atomic mass is 32.2. The minimum atomic E-state index is -0.934. The van der Waals surface area contributed by atoms with Crippen LogP contribution in [0.5, 0.6) is 0 Å². The molecule has 1 aromatic heterocycles. The van der Waals surface area contributed by atoms with Crippen LogP contribution in [0, 0.1) is 30.3 Å². The number of nitro groups is 3. The minimum Gasteiger partial charge on any atom is -0.258 e. The molecule has 130 valence electrons. The van der Waals surface area contributed by atoms with Crippen LogP contribution >= 0.6 is 11.8 Å². The number of benzene rings is 2. The first-order valence-electron chi connectivity index (χ1n) is 6.75. The molecule has 0 radical (unpaired) electrons. The van der Waals surface area contributed by atoms with E-state index in [2.05, 4.69) is 15.4 Å². The van der Waals surface area contributed by atoms with Gasteiger partial charge in [-0.05, 0) is 17.3 Å². The predicted octanol–water partition coefficient (Wildman–Crippen LogP) is 2.90. The zero-order valence-electron chi connectivity index (χ0n) is 12.5. The van der Waals surface area contributed by atoms with E-state index in [1.165, 1.54) is 0 Å². The maximum atomic E-state index is 11.3. The monoisotopic (exact) mass is 374 g/mol. The molecule has 0 aliphatic heterocycles. The molecule has 0 aliphatic carbocycles. The van der Waals surface area contributed by atoms with Crippen LogP contribution in [0.15, 0.2) is 46.3 Å². The van der Waals surface area contributed by atoms with Gasteiger partial charge < -0.3 is 0 Å². The largest absolute Gasteiger partial charge is 0.297 e. The van der Waals surface area contributed by atoms with Crippen LogP contribution in [-0.2, 0) is 0 Å². The van der Waals surface area contributed by atoms with Crippen LogP contribution in [0.1, 0.15) is 0 Å². The van der Waals surface area contributed by atoms with Crippen molar-refractivity contribution in [2.75, 3.05) is 0 Å². The van der Waals surface area contributed by atoms with Crippen molar-refractivity contribution in [2.24, 2.45) is 0 Å². The second-order valence-electron chi connectivity index (χ2n) is 4.80. The van der Waals surface area contributed by atoms with Gasteiger partial charge in [-0.25, -0.2) is 0 Å². The van der Waals surface area contributed by atoms with E-state index in [4.69, 9.17) is 0 Å². The molecular formula is C13H6N6O6S. The standard InChI is InChI=1S/C13H6N6O6S/c20-17(21)7-5-10(18(22)23)12(11(6-7)19(24)25)26-13-8-3-1-2-4-9(8)14-16-15-13/h1-6H. The van der Waals surface area contributed by atoms with Gasteiger partial charge in [-0.15, -0.1) is 10.2 Å². The topological polar surface area (TPSA) is 168 Å². The number of nitro benzene ring substituents is 3. The summed E-state index contributed by atoms with van der Waals surface area (Å²) >= 11 is 0.628. The Morgan fingerprint density at radius 3 is 2.04 bits per heavy atom. The fourth-order valence-electron chi connectivity index (χ4n) is 2.14. The van der Waals surface area contributed by atoms with E-state index in [1.54, 1.807) is 24.3 Å². The molecule has 0 amide bonds. The number of fused-ring (bicyclic) bond motifs is 1. The molecule has 0 atom stereocenters. The van der Waals surface area contributed by atoms with Gasteiger partial charge in [-0.2, -0.15) is 0 Å². The highest BCUT2D eigenvalue weighted by Gasteiger charge is 2.32. The number of hydrogen-bond acceptors (Lipinski definition) is 10. The fourth-order valence-corrected chi connectivity index (χ4v) is 3.17. The first-order valence-corrected chi connectivity index (χ1v) is 7.57. The van der Waals surface area contributed by atoms with E-state index in [1.807, 2.05) is 0 Å². The zero-order valence-corrected chi connectivity index (χ0v) is 13.3. The zero-order chi connectivity index (χ0) is 18.8. The fraction of sp³-hybridized carbons (Fsp3) is 0. The van der Waals surface area contributed by atoms with E-state index in [-0.39, 0.29) is 9.92 Å². The molecule has 0 N–H and O–H groups in total. The maximum Gasteiger partial charge on any atom is 0.297 e. The van der Waals surface area contributed by atoms with Crippen LogP contribution < -0.4 is 0 Å². The normalized spacial score (nSPS) is 10.6. The summed E-state index contributed by atoms with van der Waals surface area (Å²) in [5.74, 6) is 0. The quantitative estimate of drug-likeness (QED) is 0.478. The lowest BCUT2D eigenvalue weighted by Crippen LogP contribution is -2.00. The predicted molar refractivity (Wildman–Crippen MR) is 87.9 cm³/mol. The van der Waals surface area contributed by atoms with Crippen LogP contribution in [0.3, 0.4) is 0 Å². The summed E-state index contributed by atoms with van der Waals surface area (Å²) in [6, 6.07) is 7.98. The SMILES string of the molecule is O=[N+]([O-])c1cc([N+](=O)[O-])c(Sc2nnnc3ccccc23)c([N+](=O)[O-])c1. The molecule has 1 heterocycles. The number of nitrogens with zero attached hydrogens (tertiary/aromatic N) is 6. The average Bonchev–Trinajstić information content (AvgIpc) is 2.61. The molecule has 0 spiro atoms. The number of non-ortho nitro benzene ring substituents is 1. The summed E-state index contributed by atoms with van der Waals surface area (Å²) in [6.07, 6.45) is 0. The third-order valence-corrected chi connectivity index (χ3v) is 4.38. The van der Waals surface area contributed by atoms with Gasteiger partial charge >= 0.3 is 0 Å². The van der Waals surface area contributed by atoms with Crippen molar-refractivity contribution in [1.29, 1.82) is 0 Å². The summed E-state index contributed by atoms with van der Waals surface area (Å²) in [6.45, 7) is 0. The lowest BCUT2D eigenvalue weighted by Gasteiger charge is -2.05. The molecule has 0 unspecified atom stereocenters. The van der Waals surface area contributed by atoms with E-state index < -0.39 is 31.8 Å². The van der Waals surface area contributed by atoms with Crippen LogP contribution in [0.25, 0.3) is 10.9 Å². The van der Waals surface area contributed by atoms with Gasteiger partial charge in [-0.3, -0.25) is 30.3 Å². The first kappa shape index (κ1) is 17.1. The molecule has 0 bridgehead atoms. The van der Waals surface area contributed by atoms with Gasteiger partial charge in [0.05, 0.1) is 32.4 Å². The lowest BCUT2D eigenvalue weighted by atomic mass is 10.2. The Bertz CT molecular complexity index is 1030. The lowest BCUT2D eigenvalue weighted by molar-refractivity contribution is -0.407. The minimum absolute atomic E-state index is 0.149. The Labute approximate surface area is 147 Å². The van der Waals surface area contributed by atoms with Gasteiger partial charge in [0.25, 0.3) is 17.1 Å². The summed E-state index contributed by atoms with van der Waals surface area (Å²) in [4.78, 5) is 30.4. The third kappa shape index (κ3) is 3.10. The molecule has 2 aromatic carbocycles. The molecule has 3 rings (SSSR count). The molecule has 0 saturated carbocycles. The summed E-state index contributed by atoms with van der Waals surface area (Å²) < 4.78 is 0. The molecule has 0 fully saturated rings. The summed E-state index contributed by atoms with van der Waals surface area (Å²) in [5, 5.41) is 45.3. The molecule has 0 saturated heterocycles. The van der Waals surface area contributed by atoms with Crippen molar-refractivity contribution in [3.05, 3.63) is 66.7 Å². The van der Waals surface area contributed by atoms with Crippen LogP contribution in [0.2, 0.25) is 0 Å². The van der Waals surface area contributed by atoms with Gasteiger partial charge in [0.2, 0.25) is 0 Å². The summed E-state index contributed by atoms with van der Waals surface area (Å²) in [5.41, 5.74) is -1.84. The van der Waals surface area contributed by atoms with Crippen molar-refractivity contribution in [2.45, 2.75) is 9.92 Å². The molecule has 3 aromatic rings. The first-order chi connectivity index (χ1) is 12.4. The Kier molecular flexibility index (Phi) is 4.36. The maximum absolute atomic E-state index is 11.3. The van der Waals surface area contributed by atoms with Gasteiger partial charge in [-0.1, -0.05) is 23.9 Å². The number of aromatic nitrogens is 3. The molecule has 13 heteroatoms. The van der Waals surface area contributed by atoms with Gasteiger partial charge in [0.15, 0.2) is 4.90 Å². The second kappa shape index (κ2) is 6.64. The highest BCUT2D eigenvalue weighted by Crippen LogP contribution is 2.44. The van der Waals surface area contributed by atoms with Crippen LogP contribution in [-0.4, -0.2) is 30.2 Å². The Hall–Kier alpha value is -3.74. The molecular weight excluding hydrogens is 368 g/mol. The Balaban J connectivity index is 2.24. The molecule has 0 aliphatic rings.